The van der Waals surface area contributed by atoms with Crippen LogP contribution in [-0.4, -0.2) is 27.1 Å². The van der Waals surface area contributed by atoms with Gasteiger partial charge in [0.05, 0.1) is 9.77 Å². The number of carbonyl (C=O) groups is 1. The molecular weight excluding hydrogens is 406 g/mol. The minimum atomic E-state index is -3.27. The molecule has 0 N–H and O–H groups in total. The molecule has 2 aliphatic rings. The summed E-state index contributed by atoms with van der Waals surface area (Å²) < 4.78 is 29.6. The molecule has 0 fully saturated rings. The van der Waals surface area contributed by atoms with E-state index < -0.39 is 9.84 Å². The van der Waals surface area contributed by atoms with Gasteiger partial charge in [-0.2, -0.15) is 0 Å². The van der Waals surface area contributed by atoms with Crippen molar-refractivity contribution in [3.8, 4) is 16.2 Å². The topological polar surface area (TPSA) is 63.7 Å². The van der Waals surface area contributed by atoms with Crippen LogP contribution in [0.3, 0.4) is 0 Å². The Morgan fingerprint density at radius 2 is 1.93 bits per heavy atom. The highest BCUT2D eigenvalue weighted by Gasteiger charge is 2.28. The normalized spacial score (nSPS) is 15.1. The van der Waals surface area contributed by atoms with Crippen molar-refractivity contribution in [1.82, 2.24) is 0 Å². The molecule has 3 heterocycles. The molecule has 0 radical (unpaired) electrons. The maximum Gasteiger partial charge on any atom is 0.268 e. The first-order valence-electron chi connectivity index (χ1n) is 9.41. The van der Waals surface area contributed by atoms with Gasteiger partial charge < -0.3 is 9.64 Å². The lowest BCUT2D eigenvalue weighted by Crippen LogP contribution is -2.35. The molecule has 148 valence electrons. The number of hydrogen-bond acceptors (Lipinski definition) is 5. The molecule has 0 aliphatic carbocycles. The van der Waals surface area contributed by atoms with Gasteiger partial charge in [-0.15, -0.1) is 11.3 Å². The molecule has 2 aromatic carbocycles. The van der Waals surface area contributed by atoms with Crippen molar-refractivity contribution < 1.29 is 17.9 Å². The fourth-order valence-corrected chi connectivity index (χ4v) is 5.77. The van der Waals surface area contributed by atoms with E-state index in [0.29, 0.717) is 22.9 Å². The lowest BCUT2D eigenvalue weighted by molar-refractivity contribution is 0.0989. The molecule has 3 aromatic rings. The van der Waals surface area contributed by atoms with Gasteiger partial charge in [0.2, 0.25) is 0 Å². The highest BCUT2D eigenvalue weighted by molar-refractivity contribution is 7.90. The van der Waals surface area contributed by atoms with E-state index in [2.05, 4.69) is 0 Å². The SMILES string of the molecule is CS(=O)(=O)c1ccc2c(c1)CCCN2C(=O)c1cc2c(s1)-c1ccccc1OC2. The first kappa shape index (κ1) is 18.4. The molecule has 2 aliphatic heterocycles. The predicted molar refractivity (Wildman–Crippen MR) is 114 cm³/mol. The van der Waals surface area contributed by atoms with Gasteiger partial charge in [0.15, 0.2) is 9.84 Å². The summed E-state index contributed by atoms with van der Waals surface area (Å²) in [5.74, 6) is 0.799. The Kier molecular flexibility index (Phi) is 4.26. The number of fused-ring (bicyclic) bond motifs is 4. The van der Waals surface area contributed by atoms with Crippen molar-refractivity contribution in [3.05, 3.63) is 64.5 Å². The molecule has 1 aromatic heterocycles. The number of aryl methyl sites for hydroxylation is 1. The Hall–Kier alpha value is -2.64. The van der Waals surface area contributed by atoms with Gasteiger partial charge in [-0.05, 0) is 54.8 Å². The van der Waals surface area contributed by atoms with Crippen molar-refractivity contribution in [2.45, 2.75) is 24.3 Å². The fourth-order valence-electron chi connectivity index (χ4n) is 3.95. The molecular formula is C22H19NO4S2. The van der Waals surface area contributed by atoms with Crippen LogP contribution in [0.15, 0.2) is 53.4 Å². The van der Waals surface area contributed by atoms with Crippen LogP contribution in [0, 0.1) is 0 Å². The molecule has 1 amide bonds. The van der Waals surface area contributed by atoms with Crippen molar-refractivity contribution >= 4 is 32.8 Å². The Morgan fingerprint density at radius 1 is 1.10 bits per heavy atom. The van der Waals surface area contributed by atoms with Gasteiger partial charge in [-0.25, -0.2) is 8.42 Å². The first-order valence-corrected chi connectivity index (χ1v) is 12.1. The number of para-hydroxylation sites is 1. The third-order valence-electron chi connectivity index (χ3n) is 5.38. The summed E-state index contributed by atoms with van der Waals surface area (Å²) in [6.45, 7) is 1.09. The van der Waals surface area contributed by atoms with E-state index in [1.807, 2.05) is 30.3 Å². The van der Waals surface area contributed by atoms with Crippen LogP contribution in [0.25, 0.3) is 10.4 Å². The lowest BCUT2D eigenvalue weighted by Gasteiger charge is -2.29. The Labute approximate surface area is 173 Å². The second kappa shape index (κ2) is 6.71. The minimum Gasteiger partial charge on any atom is -0.488 e. The first-order chi connectivity index (χ1) is 13.9. The van der Waals surface area contributed by atoms with Crippen LogP contribution >= 0.6 is 11.3 Å². The monoisotopic (exact) mass is 425 g/mol. The summed E-state index contributed by atoms with van der Waals surface area (Å²) in [4.78, 5) is 17.2. The number of ether oxygens (including phenoxy) is 1. The lowest BCUT2D eigenvalue weighted by atomic mass is 10.0. The second-order valence-corrected chi connectivity index (χ2v) is 10.4. The summed E-state index contributed by atoms with van der Waals surface area (Å²) in [6, 6.07) is 14.8. The standard InChI is InChI=1S/C22H19NO4S2/c1-29(25,26)16-8-9-18-14(11-16)5-4-10-23(18)22(24)20-12-15-13-27-19-7-3-2-6-17(19)21(15)28-20/h2-3,6-9,11-12H,4-5,10,13H2,1H3. The zero-order chi connectivity index (χ0) is 20.2. The predicted octanol–water partition coefficient (Wildman–Crippen LogP) is 4.30. The van der Waals surface area contributed by atoms with Crippen LogP contribution < -0.4 is 9.64 Å². The van der Waals surface area contributed by atoms with Gasteiger partial charge in [-0.3, -0.25) is 4.79 Å². The van der Waals surface area contributed by atoms with E-state index in [0.717, 1.165) is 45.8 Å². The van der Waals surface area contributed by atoms with Crippen LogP contribution in [0.2, 0.25) is 0 Å². The van der Waals surface area contributed by atoms with E-state index in [-0.39, 0.29) is 5.91 Å². The highest BCUT2D eigenvalue weighted by atomic mass is 32.2. The van der Waals surface area contributed by atoms with E-state index in [9.17, 15) is 13.2 Å². The van der Waals surface area contributed by atoms with Crippen LogP contribution in [0.4, 0.5) is 5.69 Å². The fraction of sp³-hybridized carbons (Fsp3) is 0.227. The zero-order valence-corrected chi connectivity index (χ0v) is 17.5. The van der Waals surface area contributed by atoms with Crippen molar-refractivity contribution in [2.75, 3.05) is 17.7 Å². The Bertz CT molecular complexity index is 1240. The van der Waals surface area contributed by atoms with E-state index in [4.69, 9.17) is 4.74 Å². The maximum absolute atomic E-state index is 13.4. The summed E-state index contributed by atoms with van der Waals surface area (Å²) in [6.07, 6.45) is 2.78. The van der Waals surface area contributed by atoms with Gasteiger partial charge in [0.1, 0.15) is 12.4 Å². The third-order valence-corrected chi connectivity index (χ3v) is 7.69. The second-order valence-electron chi connectivity index (χ2n) is 7.37. The van der Waals surface area contributed by atoms with Gasteiger partial charge in [0, 0.05) is 34.5 Å². The molecule has 5 rings (SSSR count). The van der Waals surface area contributed by atoms with Crippen LogP contribution in [-0.2, 0) is 22.9 Å². The number of sulfone groups is 1. The number of benzene rings is 2. The van der Waals surface area contributed by atoms with Gasteiger partial charge in [0.25, 0.3) is 5.91 Å². The summed E-state index contributed by atoms with van der Waals surface area (Å²) >= 11 is 1.49. The summed E-state index contributed by atoms with van der Waals surface area (Å²) in [5, 5.41) is 0. The van der Waals surface area contributed by atoms with Gasteiger partial charge >= 0.3 is 0 Å². The molecule has 0 unspecified atom stereocenters. The number of rotatable bonds is 2. The number of nitrogens with zero attached hydrogens (tertiary/aromatic N) is 1. The summed E-state index contributed by atoms with van der Waals surface area (Å²) in [5.41, 5.74) is 3.76. The number of thiophene rings is 1. The Morgan fingerprint density at radius 3 is 2.76 bits per heavy atom. The quantitative estimate of drug-likeness (QED) is 0.614. The molecule has 0 saturated carbocycles. The number of carbonyl (C=O) groups excluding carboxylic acids is 1. The van der Waals surface area contributed by atoms with E-state index in [1.165, 1.54) is 17.6 Å². The molecule has 0 atom stereocenters. The molecule has 0 saturated heterocycles. The minimum absolute atomic E-state index is 0.0464. The number of hydrogen-bond donors (Lipinski definition) is 0. The molecule has 0 spiro atoms. The number of amides is 1. The average molecular weight is 426 g/mol. The molecule has 0 bridgehead atoms. The highest BCUT2D eigenvalue weighted by Crippen LogP contribution is 2.43. The largest absolute Gasteiger partial charge is 0.488 e. The number of anilines is 1. The van der Waals surface area contributed by atoms with Gasteiger partial charge in [-0.1, -0.05) is 12.1 Å². The van der Waals surface area contributed by atoms with E-state index in [1.54, 1.807) is 23.1 Å². The van der Waals surface area contributed by atoms with Crippen LogP contribution in [0.5, 0.6) is 5.75 Å². The molecule has 7 heteroatoms. The zero-order valence-electron chi connectivity index (χ0n) is 15.8. The van der Waals surface area contributed by atoms with Crippen LogP contribution in [0.1, 0.15) is 27.2 Å². The van der Waals surface area contributed by atoms with Crippen molar-refractivity contribution in [3.63, 3.8) is 0 Å². The third kappa shape index (κ3) is 3.14. The van der Waals surface area contributed by atoms with Crippen molar-refractivity contribution in [1.29, 1.82) is 0 Å². The van der Waals surface area contributed by atoms with E-state index >= 15 is 0 Å². The Balaban J connectivity index is 1.52. The molecule has 5 nitrogen and oxygen atoms in total. The smallest absolute Gasteiger partial charge is 0.268 e. The summed E-state index contributed by atoms with van der Waals surface area (Å²) in [7, 11) is -3.27. The maximum atomic E-state index is 13.4. The van der Waals surface area contributed by atoms with Crippen molar-refractivity contribution in [2.24, 2.45) is 0 Å². The molecule has 29 heavy (non-hydrogen) atoms. The average Bonchev–Trinajstić information content (AvgIpc) is 3.16.